The van der Waals surface area contributed by atoms with Crippen LogP contribution in [0.25, 0.3) is 0 Å². The minimum Gasteiger partial charge on any atom is -0.475 e. The molecule has 90 valence electrons. The number of nitrogens with two attached hydrogens (primary N) is 1. The molecule has 4 heteroatoms. The van der Waals surface area contributed by atoms with E-state index in [0.717, 1.165) is 5.56 Å². The molecule has 0 bridgehead atoms. The van der Waals surface area contributed by atoms with E-state index < -0.39 is 0 Å². The monoisotopic (exact) mass is 224 g/mol. The Kier molecular flexibility index (Phi) is 5.22. The highest BCUT2D eigenvalue weighted by molar-refractivity contribution is 5.27. The van der Waals surface area contributed by atoms with Crippen molar-refractivity contribution in [2.75, 3.05) is 13.2 Å². The Balaban J connectivity index is 2.47. The Morgan fingerprint density at radius 1 is 1.31 bits per heavy atom. The quantitative estimate of drug-likeness (QED) is 0.750. The van der Waals surface area contributed by atoms with Crippen molar-refractivity contribution in [3.05, 3.63) is 23.9 Å². The van der Waals surface area contributed by atoms with Gasteiger partial charge in [-0.25, -0.2) is 4.98 Å². The number of rotatable bonds is 6. The topological polar surface area (TPSA) is 57.4 Å². The summed E-state index contributed by atoms with van der Waals surface area (Å²) in [5, 5.41) is 0. The van der Waals surface area contributed by atoms with E-state index in [2.05, 4.69) is 4.98 Å². The minimum atomic E-state index is -0.0743. The van der Waals surface area contributed by atoms with E-state index in [1.54, 1.807) is 6.20 Å². The third kappa shape index (κ3) is 4.16. The molecule has 16 heavy (non-hydrogen) atoms. The van der Waals surface area contributed by atoms with Crippen molar-refractivity contribution >= 4 is 0 Å². The van der Waals surface area contributed by atoms with Gasteiger partial charge in [-0.2, -0.15) is 0 Å². The fourth-order valence-corrected chi connectivity index (χ4v) is 1.29. The molecule has 4 nitrogen and oxygen atoms in total. The van der Waals surface area contributed by atoms with Gasteiger partial charge in [-0.05, 0) is 26.8 Å². The predicted octanol–water partition coefficient (Wildman–Crippen LogP) is 1.91. The lowest BCUT2D eigenvalue weighted by molar-refractivity contribution is 0.0539. The standard InChI is InChI=1S/C12H20N2O2/c1-9(2)15-7-8-16-12-11(10(3)13)5-4-6-14-12/h4-6,9-10H,7-8,13H2,1-3H3/t10-/m0/s1. The van der Waals surface area contributed by atoms with Crippen LogP contribution in [0.15, 0.2) is 18.3 Å². The fourth-order valence-electron chi connectivity index (χ4n) is 1.29. The Morgan fingerprint density at radius 3 is 2.69 bits per heavy atom. The highest BCUT2D eigenvalue weighted by Crippen LogP contribution is 2.19. The van der Waals surface area contributed by atoms with Crippen LogP contribution in [0.4, 0.5) is 0 Å². The second kappa shape index (κ2) is 6.45. The first-order chi connectivity index (χ1) is 7.61. The zero-order valence-corrected chi connectivity index (χ0v) is 10.1. The lowest BCUT2D eigenvalue weighted by Gasteiger charge is -2.13. The fraction of sp³-hybridized carbons (Fsp3) is 0.583. The molecule has 1 aromatic rings. The van der Waals surface area contributed by atoms with Gasteiger partial charge in [0, 0.05) is 17.8 Å². The summed E-state index contributed by atoms with van der Waals surface area (Å²) in [5.74, 6) is 0.602. The van der Waals surface area contributed by atoms with Crippen molar-refractivity contribution in [3.8, 4) is 5.88 Å². The molecule has 0 aromatic carbocycles. The van der Waals surface area contributed by atoms with Gasteiger partial charge in [-0.3, -0.25) is 0 Å². The van der Waals surface area contributed by atoms with Gasteiger partial charge in [0.25, 0.3) is 0 Å². The van der Waals surface area contributed by atoms with Crippen LogP contribution >= 0.6 is 0 Å². The molecule has 0 aliphatic heterocycles. The first-order valence-corrected chi connectivity index (χ1v) is 5.56. The van der Waals surface area contributed by atoms with Crippen LogP contribution < -0.4 is 10.5 Å². The lowest BCUT2D eigenvalue weighted by atomic mass is 10.1. The zero-order chi connectivity index (χ0) is 12.0. The van der Waals surface area contributed by atoms with Gasteiger partial charge in [0.15, 0.2) is 0 Å². The number of hydrogen-bond donors (Lipinski definition) is 1. The molecule has 1 heterocycles. The second-order valence-corrected chi connectivity index (χ2v) is 3.95. The summed E-state index contributed by atoms with van der Waals surface area (Å²) in [5.41, 5.74) is 6.74. The maximum atomic E-state index is 5.82. The average molecular weight is 224 g/mol. The number of pyridine rings is 1. The molecule has 1 aromatic heterocycles. The van der Waals surface area contributed by atoms with Crippen LogP contribution in [0, 0.1) is 0 Å². The van der Waals surface area contributed by atoms with Crippen LogP contribution in [0.2, 0.25) is 0 Å². The van der Waals surface area contributed by atoms with Crippen molar-refractivity contribution < 1.29 is 9.47 Å². The normalized spacial score (nSPS) is 12.8. The Bertz CT molecular complexity index is 314. The molecule has 0 aliphatic rings. The Morgan fingerprint density at radius 2 is 2.06 bits per heavy atom. The van der Waals surface area contributed by atoms with E-state index in [9.17, 15) is 0 Å². The molecule has 0 amide bonds. The van der Waals surface area contributed by atoms with E-state index in [4.69, 9.17) is 15.2 Å². The highest BCUT2D eigenvalue weighted by atomic mass is 16.5. The molecular formula is C12H20N2O2. The molecule has 0 saturated heterocycles. The van der Waals surface area contributed by atoms with E-state index in [-0.39, 0.29) is 12.1 Å². The van der Waals surface area contributed by atoms with Crippen molar-refractivity contribution in [3.63, 3.8) is 0 Å². The van der Waals surface area contributed by atoms with E-state index in [0.29, 0.717) is 19.1 Å². The summed E-state index contributed by atoms with van der Waals surface area (Å²) in [7, 11) is 0. The summed E-state index contributed by atoms with van der Waals surface area (Å²) >= 11 is 0. The van der Waals surface area contributed by atoms with Crippen LogP contribution in [0.3, 0.4) is 0 Å². The zero-order valence-electron chi connectivity index (χ0n) is 10.1. The maximum Gasteiger partial charge on any atom is 0.218 e. The van der Waals surface area contributed by atoms with E-state index in [1.165, 1.54) is 0 Å². The van der Waals surface area contributed by atoms with Crippen molar-refractivity contribution in [2.24, 2.45) is 5.73 Å². The van der Waals surface area contributed by atoms with E-state index >= 15 is 0 Å². The largest absolute Gasteiger partial charge is 0.475 e. The summed E-state index contributed by atoms with van der Waals surface area (Å²) in [6.07, 6.45) is 1.92. The molecule has 0 radical (unpaired) electrons. The Labute approximate surface area is 96.8 Å². The molecule has 0 unspecified atom stereocenters. The first-order valence-electron chi connectivity index (χ1n) is 5.56. The molecule has 0 spiro atoms. The molecule has 0 aliphatic carbocycles. The van der Waals surface area contributed by atoms with E-state index in [1.807, 2.05) is 32.9 Å². The summed E-state index contributed by atoms with van der Waals surface area (Å²) in [6.45, 7) is 6.96. The van der Waals surface area contributed by atoms with Gasteiger partial charge in [-0.1, -0.05) is 6.07 Å². The Hall–Kier alpha value is -1.13. The van der Waals surface area contributed by atoms with Crippen molar-refractivity contribution in [2.45, 2.75) is 32.9 Å². The molecule has 1 atom stereocenters. The third-order valence-corrected chi connectivity index (χ3v) is 2.06. The van der Waals surface area contributed by atoms with Gasteiger partial charge < -0.3 is 15.2 Å². The average Bonchev–Trinajstić information content (AvgIpc) is 2.24. The van der Waals surface area contributed by atoms with Crippen LogP contribution in [-0.4, -0.2) is 24.3 Å². The number of nitrogens with zero attached hydrogens (tertiary/aromatic N) is 1. The van der Waals surface area contributed by atoms with Crippen molar-refractivity contribution in [1.29, 1.82) is 0 Å². The van der Waals surface area contributed by atoms with Crippen LogP contribution in [0.5, 0.6) is 5.88 Å². The van der Waals surface area contributed by atoms with Gasteiger partial charge in [0.1, 0.15) is 6.61 Å². The number of hydrogen-bond acceptors (Lipinski definition) is 4. The molecule has 2 N–H and O–H groups in total. The summed E-state index contributed by atoms with van der Waals surface area (Å²) < 4.78 is 10.9. The smallest absolute Gasteiger partial charge is 0.218 e. The summed E-state index contributed by atoms with van der Waals surface area (Å²) in [6, 6.07) is 3.71. The van der Waals surface area contributed by atoms with Crippen LogP contribution in [-0.2, 0) is 4.74 Å². The van der Waals surface area contributed by atoms with Crippen LogP contribution in [0.1, 0.15) is 32.4 Å². The third-order valence-electron chi connectivity index (χ3n) is 2.06. The minimum absolute atomic E-state index is 0.0743. The summed E-state index contributed by atoms with van der Waals surface area (Å²) in [4.78, 5) is 4.16. The van der Waals surface area contributed by atoms with Crippen molar-refractivity contribution in [1.82, 2.24) is 4.98 Å². The predicted molar refractivity (Wildman–Crippen MR) is 63.4 cm³/mol. The lowest BCUT2D eigenvalue weighted by Crippen LogP contribution is -2.14. The molecule has 0 fully saturated rings. The molecule has 1 rings (SSSR count). The van der Waals surface area contributed by atoms with Gasteiger partial charge >= 0.3 is 0 Å². The number of aromatic nitrogens is 1. The van der Waals surface area contributed by atoms with Gasteiger partial charge in [-0.15, -0.1) is 0 Å². The molecular weight excluding hydrogens is 204 g/mol. The highest BCUT2D eigenvalue weighted by Gasteiger charge is 2.08. The van der Waals surface area contributed by atoms with Gasteiger partial charge in [0.2, 0.25) is 5.88 Å². The number of ether oxygens (including phenoxy) is 2. The molecule has 0 saturated carbocycles. The first kappa shape index (κ1) is 12.9. The second-order valence-electron chi connectivity index (χ2n) is 3.95. The maximum absolute atomic E-state index is 5.82. The SMILES string of the molecule is CC(C)OCCOc1ncccc1[C@H](C)N. The van der Waals surface area contributed by atoms with Gasteiger partial charge in [0.05, 0.1) is 12.7 Å².